The van der Waals surface area contributed by atoms with E-state index in [1.165, 1.54) is 0 Å². The smallest absolute Gasteiger partial charge is 0.157 e. The van der Waals surface area contributed by atoms with Crippen LogP contribution in [-0.4, -0.2) is 19.3 Å². The van der Waals surface area contributed by atoms with Crippen LogP contribution in [0.2, 0.25) is 0 Å². The summed E-state index contributed by atoms with van der Waals surface area (Å²) >= 11 is 0. The molecular formula is C9H13NO2. The highest BCUT2D eigenvalue weighted by atomic mass is 16.6. The zero-order valence-electron chi connectivity index (χ0n) is 6.95. The molecule has 0 fully saturated rings. The molecule has 1 heterocycles. The van der Waals surface area contributed by atoms with Crippen LogP contribution in [0.3, 0.4) is 0 Å². The van der Waals surface area contributed by atoms with Crippen molar-refractivity contribution in [3.63, 3.8) is 0 Å². The topological polar surface area (TPSA) is 44.5 Å². The Hall–Kier alpha value is -0.960. The van der Waals surface area contributed by atoms with E-state index in [4.69, 9.17) is 15.2 Å². The zero-order valence-corrected chi connectivity index (χ0v) is 6.95. The predicted octanol–water partition coefficient (Wildman–Crippen LogP) is 0.922. The van der Waals surface area contributed by atoms with Crippen molar-refractivity contribution in [2.75, 3.05) is 13.2 Å². The lowest BCUT2D eigenvalue weighted by Crippen LogP contribution is -2.32. The maximum atomic E-state index is 5.58. The van der Waals surface area contributed by atoms with Gasteiger partial charge in [-0.05, 0) is 12.5 Å². The van der Waals surface area contributed by atoms with Gasteiger partial charge in [0.05, 0.1) is 0 Å². The zero-order chi connectivity index (χ0) is 8.39. The van der Waals surface area contributed by atoms with Crippen molar-refractivity contribution in [2.45, 2.75) is 18.9 Å². The molecule has 0 aromatic heterocycles. The summed E-state index contributed by atoms with van der Waals surface area (Å²) in [7, 11) is 0. The summed E-state index contributed by atoms with van der Waals surface area (Å²) in [5, 5.41) is 0. The van der Waals surface area contributed by atoms with Crippen LogP contribution in [0.25, 0.3) is 0 Å². The van der Waals surface area contributed by atoms with Crippen molar-refractivity contribution in [2.24, 2.45) is 5.73 Å². The van der Waals surface area contributed by atoms with Crippen molar-refractivity contribution in [3.05, 3.63) is 23.7 Å². The maximum Gasteiger partial charge on any atom is 0.157 e. The van der Waals surface area contributed by atoms with E-state index in [1.807, 2.05) is 6.08 Å². The van der Waals surface area contributed by atoms with E-state index in [9.17, 15) is 0 Å². The lowest BCUT2D eigenvalue weighted by atomic mass is 10.1. The Balaban J connectivity index is 2.11. The molecule has 2 N–H and O–H groups in total. The number of nitrogens with two attached hydrogens (primary N) is 1. The molecule has 0 amide bonds. The Morgan fingerprint density at radius 3 is 3.33 bits per heavy atom. The lowest BCUT2D eigenvalue weighted by Gasteiger charge is -2.28. The number of hydrogen-bond acceptors (Lipinski definition) is 3. The fraction of sp³-hybridized carbons (Fsp3) is 0.556. The first-order valence-electron chi connectivity index (χ1n) is 4.29. The van der Waals surface area contributed by atoms with Gasteiger partial charge in [-0.1, -0.05) is 6.08 Å². The fourth-order valence-corrected chi connectivity index (χ4v) is 1.39. The maximum absolute atomic E-state index is 5.58. The Labute approximate surface area is 71.8 Å². The fourth-order valence-electron chi connectivity index (χ4n) is 1.39. The molecule has 0 radical (unpaired) electrons. The summed E-state index contributed by atoms with van der Waals surface area (Å²) in [5.41, 5.74) is 5.47. The van der Waals surface area contributed by atoms with Crippen molar-refractivity contribution >= 4 is 0 Å². The van der Waals surface area contributed by atoms with Gasteiger partial charge in [-0.25, -0.2) is 0 Å². The van der Waals surface area contributed by atoms with Crippen LogP contribution in [0, 0.1) is 0 Å². The van der Waals surface area contributed by atoms with Crippen molar-refractivity contribution in [1.82, 2.24) is 0 Å². The Kier molecular flexibility index (Phi) is 2.04. The van der Waals surface area contributed by atoms with Gasteiger partial charge in [-0.2, -0.15) is 0 Å². The molecule has 0 spiro atoms. The minimum absolute atomic E-state index is 0.0338. The van der Waals surface area contributed by atoms with E-state index in [0.717, 1.165) is 24.4 Å². The molecule has 1 aliphatic heterocycles. The van der Waals surface area contributed by atoms with Crippen LogP contribution in [0.1, 0.15) is 12.8 Å². The number of hydrogen-bond donors (Lipinski definition) is 1. The molecular weight excluding hydrogens is 154 g/mol. The standard InChI is InChI=1S/C9H13NO2/c10-5-7-6-11-8-3-1-2-4-9(8)12-7/h2,4,7H,1,3,5-6,10H2. The first-order chi connectivity index (χ1) is 5.90. The average Bonchev–Trinajstić information content (AvgIpc) is 2.17. The van der Waals surface area contributed by atoms with E-state index in [-0.39, 0.29) is 6.10 Å². The van der Waals surface area contributed by atoms with Crippen LogP contribution in [0.5, 0.6) is 0 Å². The molecule has 1 unspecified atom stereocenters. The van der Waals surface area contributed by atoms with Gasteiger partial charge < -0.3 is 15.2 Å². The van der Waals surface area contributed by atoms with Gasteiger partial charge in [-0.15, -0.1) is 0 Å². The molecule has 0 bridgehead atoms. The van der Waals surface area contributed by atoms with Crippen LogP contribution in [0.4, 0.5) is 0 Å². The number of allylic oxidation sites excluding steroid dienone is 3. The Morgan fingerprint density at radius 2 is 2.50 bits per heavy atom. The van der Waals surface area contributed by atoms with E-state index < -0.39 is 0 Å². The van der Waals surface area contributed by atoms with Crippen LogP contribution in [-0.2, 0) is 9.47 Å². The van der Waals surface area contributed by atoms with Crippen LogP contribution >= 0.6 is 0 Å². The van der Waals surface area contributed by atoms with Crippen LogP contribution in [0.15, 0.2) is 23.7 Å². The molecule has 0 saturated heterocycles. The summed E-state index contributed by atoms with van der Waals surface area (Å²) in [6, 6.07) is 0. The van der Waals surface area contributed by atoms with Gasteiger partial charge in [0.1, 0.15) is 18.5 Å². The SMILES string of the molecule is NCC1COC2=C(C=CCC2)O1. The predicted molar refractivity (Wildman–Crippen MR) is 45.3 cm³/mol. The second kappa shape index (κ2) is 3.19. The van der Waals surface area contributed by atoms with Gasteiger partial charge in [0.25, 0.3) is 0 Å². The van der Waals surface area contributed by atoms with Crippen molar-refractivity contribution in [3.8, 4) is 0 Å². The first kappa shape index (κ1) is 7.68. The largest absolute Gasteiger partial charge is 0.490 e. The molecule has 0 saturated carbocycles. The highest BCUT2D eigenvalue weighted by Crippen LogP contribution is 2.25. The second-order valence-electron chi connectivity index (χ2n) is 3.02. The summed E-state index contributed by atoms with van der Waals surface area (Å²) in [6.07, 6.45) is 6.12. The van der Waals surface area contributed by atoms with Crippen molar-refractivity contribution in [1.29, 1.82) is 0 Å². The number of ether oxygens (including phenoxy) is 2. The summed E-state index contributed by atoms with van der Waals surface area (Å²) in [5.74, 6) is 1.87. The van der Waals surface area contributed by atoms with E-state index in [1.54, 1.807) is 0 Å². The van der Waals surface area contributed by atoms with E-state index >= 15 is 0 Å². The van der Waals surface area contributed by atoms with Crippen LogP contribution < -0.4 is 5.73 Å². The van der Waals surface area contributed by atoms with Crippen molar-refractivity contribution < 1.29 is 9.47 Å². The quantitative estimate of drug-likeness (QED) is 0.631. The van der Waals surface area contributed by atoms with Gasteiger partial charge in [0.2, 0.25) is 0 Å². The molecule has 12 heavy (non-hydrogen) atoms. The first-order valence-corrected chi connectivity index (χ1v) is 4.29. The minimum Gasteiger partial charge on any atom is -0.490 e. The third-order valence-corrected chi connectivity index (χ3v) is 2.08. The van der Waals surface area contributed by atoms with E-state index in [2.05, 4.69) is 6.08 Å². The molecule has 2 rings (SSSR count). The van der Waals surface area contributed by atoms with Gasteiger partial charge >= 0.3 is 0 Å². The molecule has 0 aromatic carbocycles. The molecule has 66 valence electrons. The molecule has 3 heteroatoms. The Morgan fingerprint density at radius 1 is 1.58 bits per heavy atom. The number of rotatable bonds is 1. The monoisotopic (exact) mass is 167 g/mol. The Bertz CT molecular complexity index is 233. The lowest BCUT2D eigenvalue weighted by molar-refractivity contribution is 0.00324. The highest BCUT2D eigenvalue weighted by molar-refractivity contribution is 5.22. The molecule has 1 aliphatic carbocycles. The van der Waals surface area contributed by atoms with Gasteiger partial charge in [0, 0.05) is 13.0 Å². The summed E-state index contributed by atoms with van der Waals surface area (Å²) < 4.78 is 11.1. The third kappa shape index (κ3) is 1.32. The van der Waals surface area contributed by atoms with Gasteiger partial charge in [0.15, 0.2) is 5.76 Å². The normalized spacial score (nSPS) is 27.6. The second-order valence-corrected chi connectivity index (χ2v) is 3.02. The van der Waals surface area contributed by atoms with E-state index in [0.29, 0.717) is 13.2 Å². The molecule has 2 aliphatic rings. The molecule has 3 nitrogen and oxygen atoms in total. The summed E-state index contributed by atoms with van der Waals surface area (Å²) in [6.45, 7) is 1.12. The summed E-state index contributed by atoms with van der Waals surface area (Å²) in [4.78, 5) is 0. The highest BCUT2D eigenvalue weighted by Gasteiger charge is 2.21. The third-order valence-electron chi connectivity index (χ3n) is 2.08. The van der Waals surface area contributed by atoms with Gasteiger partial charge in [-0.3, -0.25) is 0 Å². The molecule has 0 aromatic rings. The minimum atomic E-state index is 0.0338. The average molecular weight is 167 g/mol. The molecule has 1 atom stereocenters.